The van der Waals surface area contributed by atoms with E-state index in [1.807, 2.05) is 0 Å². The predicted octanol–water partition coefficient (Wildman–Crippen LogP) is 1.56. The van der Waals surface area contributed by atoms with Crippen LogP contribution in [0.15, 0.2) is 12.2 Å². The summed E-state index contributed by atoms with van der Waals surface area (Å²) in [6.07, 6.45) is 6.62. The van der Waals surface area contributed by atoms with Crippen LogP contribution in [0.5, 0.6) is 0 Å². The molecule has 1 aliphatic carbocycles. The van der Waals surface area contributed by atoms with E-state index in [1.54, 1.807) is 0 Å². The van der Waals surface area contributed by atoms with Crippen LogP contribution >= 0.6 is 0 Å². The number of piperidine rings is 1. The quantitative estimate of drug-likeness (QED) is 0.420. The first-order valence-electron chi connectivity index (χ1n) is 4.76. The van der Waals surface area contributed by atoms with Crippen molar-refractivity contribution in [2.24, 2.45) is 11.8 Å². The van der Waals surface area contributed by atoms with E-state index in [2.05, 4.69) is 36.2 Å². The third-order valence-electron chi connectivity index (χ3n) is 2.89. The molecule has 1 saturated heterocycles. The van der Waals surface area contributed by atoms with Crippen LogP contribution in [0.1, 0.15) is 19.8 Å². The van der Waals surface area contributed by atoms with E-state index in [9.17, 15) is 0 Å². The smallest absolute Gasteiger partial charge is 0.0287 e. The molecule has 3 atom stereocenters. The van der Waals surface area contributed by atoms with Gasteiger partial charge in [-0.3, -0.25) is 0 Å². The normalized spacial score (nSPS) is 39.2. The summed E-state index contributed by atoms with van der Waals surface area (Å²) in [7, 11) is 0. The molecular formula is C11H15N. The molecule has 0 spiro atoms. The summed E-state index contributed by atoms with van der Waals surface area (Å²) in [4.78, 5) is 0. The van der Waals surface area contributed by atoms with Gasteiger partial charge in [0, 0.05) is 18.4 Å². The van der Waals surface area contributed by atoms with Crippen LogP contribution in [0, 0.1) is 23.7 Å². The van der Waals surface area contributed by atoms with Crippen molar-refractivity contribution < 1.29 is 0 Å². The van der Waals surface area contributed by atoms with Crippen molar-refractivity contribution >= 4 is 0 Å². The summed E-state index contributed by atoms with van der Waals surface area (Å²) in [6.45, 7) is 3.42. The van der Waals surface area contributed by atoms with Gasteiger partial charge in [-0.15, -0.1) is 0 Å². The maximum atomic E-state index is 3.51. The third kappa shape index (κ3) is 1.40. The van der Waals surface area contributed by atoms with E-state index in [-0.39, 0.29) is 0 Å². The highest BCUT2D eigenvalue weighted by molar-refractivity contribution is 5.16. The Morgan fingerprint density at radius 3 is 3.33 bits per heavy atom. The molecule has 64 valence electrons. The molecule has 1 heterocycles. The Morgan fingerprint density at radius 2 is 2.42 bits per heavy atom. The molecule has 1 N–H and O–H groups in total. The monoisotopic (exact) mass is 161 g/mol. The highest BCUT2D eigenvalue weighted by atomic mass is 14.9. The van der Waals surface area contributed by atoms with Crippen LogP contribution in [-0.2, 0) is 0 Å². The molecule has 1 fully saturated rings. The number of hydrogen-bond donors (Lipinski definition) is 1. The topological polar surface area (TPSA) is 12.0 Å². The maximum Gasteiger partial charge on any atom is 0.0287 e. The van der Waals surface area contributed by atoms with Gasteiger partial charge in [-0.2, -0.15) is 0 Å². The number of rotatable bonds is 0. The lowest BCUT2D eigenvalue weighted by atomic mass is 9.81. The van der Waals surface area contributed by atoms with Crippen LogP contribution in [0.25, 0.3) is 0 Å². The van der Waals surface area contributed by atoms with Crippen molar-refractivity contribution in [3.05, 3.63) is 12.2 Å². The van der Waals surface area contributed by atoms with Crippen LogP contribution in [0.3, 0.4) is 0 Å². The Bertz CT molecular complexity index is 243. The fraction of sp³-hybridized carbons (Fsp3) is 0.636. The Hall–Kier alpha value is -0.740. The van der Waals surface area contributed by atoms with Gasteiger partial charge in [0.25, 0.3) is 0 Å². The van der Waals surface area contributed by atoms with Gasteiger partial charge in [-0.05, 0) is 18.9 Å². The molecule has 3 unspecified atom stereocenters. The molecule has 0 radical (unpaired) electrons. The second-order valence-electron chi connectivity index (χ2n) is 3.69. The Kier molecular flexibility index (Phi) is 2.19. The summed E-state index contributed by atoms with van der Waals surface area (Å²) in [5, 5.41) is 3.51. The van der Waals surface area contributed by atoms with Gasteiger partial charge >= 0.3 is 0 Å². The molecule has 1 heteroatoms. The minimum Gasteiger partial charge on any atom is -0.310 e. The van der Waals surface area contributed by atoms with Gasteiger partial charge in [-0.1, -0.05) is 30.9 Å². The highest BCUT2D eigenvalue weighted by Crippen LogP contribution is 2.24. The van der Waals surface area contributed by atoms with Crippen molar-refractivity contribution in [3.8, 4) is 11.8 Å². The van der Waals surface area contributed by atoms with Gasteiger partial charge in [0.15, 0.2) is 0 Å². The first-order chi connectivity index (χ1) is 5.88. The fourth-order valence-corrected chi connectivity index (χ4v) is 2.02. The van der Waals surface area contributed by atoms with Gasteiger partial charge in [0.05, 0.1) is 0 Å². The minimum absolute atomic E-state index is 0.568. The average molecular weight is 161 g/mol. The standard InChI is InChI=1S/C11H15N/c1-9-10-5-3-2-4-6-11(9)12-8-7-10/h4,6,9-12H,2,7-8H2,1H3. The van der Waals surface area contributed by atoms with Crippen molar-refractivity contribution in [2.45, 2.75) is 25.8 Å². The summed E-state index contributed by atoms with van der Waals surface area (Å²) >= 11 is 0. The van der Waals surface area contributed by atoms with Gasteiger partial charge in [-0.25, -0.2) is 0 Å². The molecule has 1 nitrogen and oxygen atoms in total. The summed E-state index contributed by atoms with van der Waals surface area (Å²) in [5.74, 6) is 7.88. The van der Waals surface area contributed by atoms with Gasteiger partial charge in [0.1, 0.15) is 0 Å². The van der Waals surface area contributed by atoms with E-state index >= 15 is 0 Å². The van der Waals surface area contributed by atoms with Crippen molar-refractivity contribution in [1.82, 2.24) is 5.32 Å². The summed E-state index contributed by atoms with van der Waals surface area (Å²) in [5.41, 5.74) is 0. The predicted molar refractivity (Wildman–Crippen MR) is 50.6 cm³/mol. The van der Waals surface area contributed by atoms with Crippen LogP contribution < -0.4 is 5.32 Å². The first kappa shape index (κ1) is 7.89. The van der Waals surface area contributed by atoms with E-state index in [0.717, 1.165) is 13.0 Å². The Balaban J connectivity index is 2.22. The van der Waals surface area contributed by atoms with Crippen molar-refractivity contribution in [3.63, 3.8) is 0 Å². The zero-order valence-electron chi connectivity index (χ0n) is 7.51. The fourth-order valence-electron chi connectivity index (χ4n) is 2.02. The van der Waals surface area contributed by atoms with Crippen LogP contribution in [0.2, 0.25) is 0 Å². The summed E-state index contributed by atoms with van der Waals surface area (Å²) < 4.78 is 0. The van der Waals surface area contributed by atoms with E-state index in [0.29, 0.717) is 17.9 Å². The lowest BCUT2D eigenvalue weighted by molar-refractivity contribution is 0.284. The third-order valence-corrected chi connectivity index (χ3v) is 2.89. The lowest BCUT2D eigenvalue weighted by Gasteiger charge is -2.33. The number of allylic oxidation sites excluding steroid dienone is 1. The molecule has 2 rings (SSSR count). The Labute approximate surface area is 74.2 Å². The minimum atomic E-state index is 0.568. The molecule has 12 heavy (non-hydrogen) atoms. The Morgan fingerprint density at radius 1 is 1.50 bits per heavy atom. The average Bonchev–Trinajstić information content (AvgIpc) is 2.10. The summed E-state index contributed by atoms with van der Waals surface area (Å²) in [6, 6.07) is 0.568. The van der Waals surface area contributed by atoms with Crippen LogP contribution in [0.4, 0.5) is 0 Å². The van der Waals surface area contributed by atoms with Crippen LogP contribution in [-0.4, -0.2) is 12.6 Å². The second-order valence-corrected chi connectivity index (χ2v) is 3.69. The largest absolute Gasteiger partial charge is 0.310 e. The van der Waals surface area contributed by atoms with Crippen molar-refractivity contribution in [2.75, 3.05) is 6.54 Å². The highest BCUT2D eigenvalue weighted by Gasteiger charge is 2.26. The SMILES string of the molecule is CC1C2C#CCC=CC1NCC2. The van der Waals surface area contributed by atoms with Crippen molar-refractivity contribution in [1.29, 1.82) is 0 Å². The van der Waals surface area contributed by atoms with Gasteiger partial charge in [0.2, 0.25) is 0 Å². The van der Waals surface area contributed by atoms with Gasteiger partial charge < -0.3 is 5.32 Å². The number of fused-ring (bicyclic) bond motifs is 2. The maximum absolute atomic E-state index is 3.51. The first-order valence-corrected chi connectivity index (χ1v) is 4.76. The van der Waals surface area contributed by atoms with E-state index in [4.69, 9.17) is 0 Å². The molecule has 0 saturated carbocycles. The molecular weight excluding hydrogens is 146 g/mol. The molecule has 0 aromatic heterocycles. The van der Waals surface area contributed by atoms with E-state index < -0.39 is 0 Å². The lowest BCUT2D eigenvalue weighted by Crippen LogP contribution is -2.43. The zero-order valence-corrected chi connectivity index (χ0v) is 7.51. The molecule has 0 aromatic rings. The number of nitrogens with one attached hydrogen (secondary N) is 1. The number of hydrogen-bond acceptors (Lipinski definition) is 1. The molecule has 2 aliphatic rings. The molecule has 2 bridgehead atoms. The van der Waals surface area contributed by atoms with E-state index in [1.165, 1.54) is 6.42 Å². The zero-order chi connectivity index (χ0) is 8.39. The molecule has 1 aliphatic heterocycles. The molecule has 0 aromatic carbocycles. The second kappa shape index (κ2) is 3.33. The molecule has 0 amide bonds.